The standard InChI is InChI=1S/C10H11NO.C9H6F2N2O.C9H8N2O.C6H8N2.C5H8O3.3C4H8O.CH4.Na.H2O/c1-7-6-8-4-2-3-5-9(8)11-10(7)12;10-8(11)7-9(14)13-6-4-2-1-3-5(6)12-7;1-6-9(12)11-8-5-3-2-4-7(8)10-6;7-5-3-1-2-4-6(5)8;1-3-8-5(7)4(2)6;3*1-2-4-5-3-1;;;/h2-5,7H,6H2,1H3,(H,11,12);1-4,8H,(H,13,14);2-5H,1H3,(H,11,12);1-4H,7-8H2;3H2,1-2H3;3*1-4H2;1H4;;1H2/q;;;;;;;;;+1;/p-1. The molecule has 72 heavy (non-hydrogen) atoms. The van der Waals surface area contributed by atoms with Gasteiger partial charge in [0.2, 0.25) is 11.7 Å². The Kier molecular flexibility index (Phi) is 34.7. The first-order valence-corrected chi connectivity index (χ1v) is 22.8. The van der Waals surface area contributed by atoms with Crippen LogP contribution in [0.2, 0.25) is 0 Å². The fourth-order valence-electron chi connectivity index (χ4n) is 6.09. The number of fused-ring (bicyclic) bond motifs is 3. The van der Waals surface area contributed by atoms with E-state index in [1.807, 2.05) is 61.5 Å². The van der Waals surface area contributed by atoms with Gasteiger partial charge >= 0.3 is 35.5 Å². The Bertz CT molecular complexity index is 2540. The number of amides is 1. The quantitative estimate of drug-likeness (QED) is 0.0611. The van der Waals surface area contributed by atoms with Gasteiger partial charge in [0.1, 0.15) is 5.69 Å². The zero-order chi connectivity index (χ0) is 50.4. The van der Waals surface area contributed by atoms with Gasteiger partial charge in [-0.1, -0.05) is 68.9 Å². The fraction of sp³-hybridized carbons (Fsp3) is 0.404. The number of aromatic nitrogens is 4. The van der Waals surface area contributed by atoms with Crippen LogP contribution in [0.25, 0.3) is 22.1 Å². The molecule has 0 bridgehead atoms. The van der Waals surface area contributed by atoms with Crippen molar-refractivity contribution in [2.24, 2.45) is 5.92 Å². The molecule has 20 heteroatoms. The third-order valence-electron chi connectivity index (χ3n) is 9.89. The molecule has 388 valence electrons. The van der Waals surface area contributed by atoms with Crippen LogP contribution in [-0.4, -0.2) is 89.3 Å². The fourth-order valence-corrected chi connectivity index (χ4v) is 6.09. The number of aryl methyl sites for hydroxylation is 1. The number of ketones is 1. The van der Waals surface area contributed by atoms with Crippen molar-refractivity contribution in [3.63, 3.8) is 0 Å². The van der Waals surface area contributed by atoms with E-state index in [1.165, 1.54) is 51.0 Å². The number of H-pyrrole nitrogens is 2. The molecule has 4 aliphatic rings. The van der Waals surface area contributed by atoms with Crippen molar-refractivity contribution in [2.75, 3.05) is 63.0 Å². The van der Waals surface area contributed by atoms with Crippen LogP contribution in [0.4, 0.5) is 25.8 Å². The number of nitrogens with one attached hydrogen (secondary N) is 3. The van der Waals surface area contributed by atoms with Crippen LogP contribution in [0.5, 0.6) is 0 Å². The minimum absolute atomic E-state index is 0. The molecular weight excluding hydrogens is 944 g/mol. The van der Waals surface area contributed by atoms with E-state index in [-0.39, 0.29) is 66.5 Å². The number of benzene rings is 4. The second-order valence-electron chi connectivity index (χ2n) is 15.6. The number of carbonyl (C=O) groups excluding carboxylic acids is 3. The van der Waals surface area contributed by atoms with Gasteiger partial charge in [-0.2, -0.15) is 0 Å². The van der Waals surface area contributed by atoms with Gasteiger partial charge in [0.25, 0.3) is 17.5 Å². The molecule has 3 fully saturated rings. The minimum atomic E-state index is -2.84. The molecule has 4 aromatic carbocycles. The van der Waals surface area contributed by atoms with Gasteiger partial charge in [0, 0.05) is 58.2 Å². The number of rotatable bonds is 3. The van der Waals surface area contributed by atoms with E-state index in [1.54, 1.807) is 50.2 Å². The summed E-state index contributed by atoms with van der Waals surface area (Å²) < 4.78 is 43.7. The molecule has 0 aliphatic carbocycles. The molecule has 6 aromatic rings. The molecule has 8 N–H and O–H groups in total. The van der Waals surface area contributed by atoms with Gasteiger partial charge < -0.3 is 51.2 Å². The van der Waals surface area contributed by atoms with E-state index in [0.29, 0.717) is 28.1 Å². The number of hydrogen-bond donors (Lipinski definition) is 5. The first kappa shape index (κ1) is 66.1. The monoisotopic (exact) mass is 1010 g/mol. The number of anilines is 3. The number of esters is 1. The van der Waals surface area contributed by atoms with Crippen molar-refractivity contribution in [2.45, 2.75) is 86.5 Å². The number of nitrogens with two attached hydrogens (primary N) is 2. The first-order chi connectivity index (χ1) is 33.2. The van der Waals surface area contributed by atoms with E-state index in [9.17, 15) is 32.8 Å². The van der Waals surface area contributed by atoms with Crippen LogP contribution in [0.15, 0.2) is 107 Å². The Morgan fingerprint density at radius 3 is 1.51 bits per heavy atom. The average molecular weight is 1010 g/mol. The summed E-state index contributed by atoms with van der Waals surface area (Å²) in [6, 6.07) is 29.2. The van der Waals surface area contributed by atoms with Crippen molar-refractivity contribution in [1.29, 1.82) is 0 Å². The number of nitrogen functional groups attached to an aromatic ring is 2. The summed E-state index contributed by atoms with van der Waals surface area (Å²) in [4.78, 5) is 66.5. The van der Waals surface area contributed by atoms with Crippen molar-refractivity contribution in [3.05, 3.63) is 135 Å². The molecule has 0 spiro atoms. The molecule has 2 aromatic heterocycles. The third kappa shape index (κ3) is 25.5. The third-order valence-corrected chi connectivity index (χ3v) is 9.89. The summed E-state index contributed by atoms with van der Waals surface area (Å²) in [5.41, 5.74) is 15.6. The topological polar surface area (TPSA) is 274 Å². The predicted octanol–water partition coefficient (Wildman–Crippen LogP) is 5.75. The summed E-state index contributed by atoms with van der Waals surface area (Å²) in [7, 11) is 0. The number of nitrogens with zero attached hydrogens (tertiary/aromatic N) is 2. The average Bonchev–Trinajstić information content (AvgIpc) is 4.21. The van der Waals surface area contributed by atoms with Crippen molar-refractivity contribution >= 4 is 56.8 Å². The van der Waals surface area contributed by atoms with Crippen molar-refractivity contribution in [1.82, 2.24) is 19.9 Å². The van der Waals surface area contributed by atoms with Gasteiger partial charge in [-0.3, -0.25) is 19.2 Å². The van der Waals surface area contributed by atoms with Crippen LogP contribution >= 0.6 is 0 Å². The molecule has 17 nitrogen and oxygen atoms in total. The summed E-state index contributed by atoms with van der Waals surface area (Å²) >= 11 is 0. The maximum atomic E-state index is 12.3. The molecule has 1 amide bonds. The Morgan fingerprint density at radius 1 is 0.694 bits per heavy atom. The number of alkyl halides is 2. The molecule has 6 heterocycles. The maximum Gasteiger partial charge on any atom is 1.00 e. The Balaban J connectivity index is 0.000000817. The normalized spacial score (nSPS) is 14.4. The molecule has 10 rings (SSSR count). The van der Waals surface area contributed by atoms with Crippen LogP contribution < -0.4 is 57.5 Å². The zero-order valence-corrected chi connectivity index (χ0v) is 43.2. The van der Waals surface area contributed by atoms with Crippen molar-refractivity contribution < 1.29 is 77.1 Å². The number of Topliss-reactive ketones (excluding diaryl/α,β-unsaturated/α-hetero) is 1. The van der Waals surface area contributed by atoms with Crippen LogP contribution in [-0.2, 0) is 39.8 Å². The summed E-state index contributed by atoms with van der Waals surface area (Å²) in [5, 5.41) is 2.87. The Hall–Kier alpha value is -5.93. The number of para-hydroxylation sites is 7. The van der Waals surface area contributed by atoms with Gasteiger partial charge in [-0.05, 0) is 107 Å². The van der Waals surface area contributed by atoms with Crippen molar-refractivity contribution in [3.8, 4) is 0 Å². The van der Waals surface area contributed by atoms with E-state index in [2.05, 4.69) is 36.1 Å². The maximum absolute atomic E-state index is 12.3. The smallest absolute Gasteiger partial charge is 0.870 e. The molecular formula is C52H70F2N7NaO10. The molecule has 0 radical (unpaired) electrons. The molecule has 1 unspecified atom stereocenters. The van der Waals surface area contributed by atoms with Gasteiger partial charge in [0.15, 0.2) is 5.69 Å². The predicted molar refractivity (Wildman–Crippen MR) is 274 cm³/mol. The molecule has 1 atom stereocenters. The number of hydrogen-bond acceptors (Lipinski definition) is 14. The SMILES string of the molecule is C.C1CCOC1.C1CCOC1.C1CCOC1.CC1Cc2ccccc2NC1=O.CCOC(=O)C(C)=O.Cc1nc2ccccc2[nH]c1=O.Nc1ccccc1N.O=c1[nH]c2ccccc2nc1C(F)F.[Na+].[OH-]. The van der Waals surface area contributed by atoms with Crippen LogP contribution in [0.1, 0.15) is 90.1 Å². The second kappa shape index (κ2) is 37.8. The minimum Gasteiger partial charge on any atom is -0.870 e. The van der Waals surface area contributed by atoms with E-state index < -0.39 is 29.4 Å². The molecule has 3 saturated heterocycles. The zero-order valence-electron chi connectivity index (χ0n) is 41.2. The number of carbonyl (C=O) groups is 3. The van der Waals surface area contributed by atoms with E-state index in [0.717, 1.165) is 62.8 Å². The Labute approximate surface area is 441 Å². The van der Waals surface area contributed by atoms with Crippen LogP contribution in [0.3, 0.4) is 0 Å². The summed E-state index contributed by atoms with van der Waals surface area (Å²) in [6.45, 7) is 12.7. The number of ether oxygens (including phenoxy) is 4. The molecule has 4 aliphatic heterocycles. The van der Waals surface area contributed by atoms with Gasteiger partial charge in [-0.25, -0.2) is 23.5 Å². The largest absolute Gasteiger partial charge is 1.00 e. The van der Waals surface area contributed by atoms with Crippen LogP contribution in [0, 0.1) is 12.8 Å². The molecule has 0 saturated carbocycles. The van der Waals surface area contributed by atoms with Gasteiger partial charge in [-0.15, -0.1) is 0 Å². The van der Waals surface area contributed by atoms with E-state index >= 15 is 0 Å². The second-order valence-corrected chi connectivity index (χ2v) is 15.6. The first-order valence-electron chi connectivity index (χ1n) is 22.8. The number of halogens is 2. The summed E-state index contributed by atoms with van der Waals surface area (Å²) in [6.07, 6.45) is 5.69. The van der Waals surface area contributed by atoms with E-state index in [4.69, 9.17) is 25.7 Å². The summed E-state index contributed by atoms with van der Waals surface area (Å²) in [5.74, 6) is -1.06. The van der Waals surface area contributed by atoms with Gasteiger partial charge in [0.05, 0.1) is 40.0 Å². The number of aromatic amines is 2. The Morgan fingerprint density at radius 2 is 1.11 bits per heavy atom.